The molecular weight excluding hydrogens is 468 g/mol. The van der Waals surface area contributed by atoms with Crippen LogP contribution < -0.4 is 4.74 Å². The quantitative estimate of drug-likeness (QED) is 0.536. The normalized spacial score (nSPS) is 30.2. The van der Waals surface area contributed by atoms with Gasteiger partial charge < -0.3 is 29.5 Å². The van der Waals surface area contributed by atoms with Crippen molar-refractivity contribution in [2.75, 3.05) is 26.9 Å². The summed E-state index contributed by atoms with van der Waals surface area (Å²) in [6.45, 7) is 13.1. The van der Waals surface area contributed by atoms with Gasteiger partial charge in [0.1, 0.15) is 11.9 Å². The van der Waals surface area contributed by atoms with E-state index in [9.17, 15) is 15.3 Å². The lowest BCUT2D eigenvalue weighted by atomic mass is 9.66. The van der Waals surface area contributed by atoms with Crippen LogP contribution in [0.25, 0.3) is 0 Å². The molecule has 6 heteroatoms. The van der Waals surface area contributed by atoms with Gasteiger partial charge in [0.2, 0.25) is 0 Å². The second-order valence-electron chi connectivity index (χ2n) is 12.1. The zero-order valence-corrected chi connectivity index (χ0v) is 23.3. The number of aliphatic hydroxyl groups is 3. The summed E-state index contributed by atoms with van der Waals surface area (Å²) in [5, 5.41) is 31.3. The van der Waals surface area contributed by atoms with Gasteiger partial charge in [-0.2, -0.15) is 0 Å². The first-order valence-corrected chi connectivity index (χ1v) is 13.4. The van der Waals surface area contributed by atoms with Crippen molar-refractivity contribution in [3.05, 3.63) is 63.7 Å². The van der Waals surface area contributed by atoms with Crippen LogP contribution in [-0.2, 0) is 21.3 Å². The molecule has 6 nitrogen and oxygen atoms in total. The fraction of sp³-hybridized carbons (Fsp3) is 0.613. The van der Waals surface area contributed by atoms with Crippen molar-refractivity contribution in [3.63, 3.8) is 0 Å². The molecule has 37 heavy (non-hydrogen) atoms. The summed E-state index contributed by atoms with van der Waals surface area (Å²) in [5.74, 6) is 0.486. The van der Waals surface area contributed by atoms with E-state index in [-0.39, 0.29) is 42.3 Å². The Kier molecular flexibility index (Phi) is 8.37. The number of hydrogen-bond donors (Lipinski definition) is 3. The van der Waals surface area contributed by atoms with E-state index in [1.165, 1.54) is 22.3 Å². The second kappa shape index (κ2) is 11.0. The molecule has 1 saturated heterocycles. The summed E-state index contributed by atoms with van der Waals surface area (Å²) >= 11 is 0. The molecule has 2 aromatic rings. The molecule has 204 valence electrons. The van der Waals surface area contributed by atoms with Crippen molar-refractivity contribution >= 4 is 0 Å². The summed E-state index contributed by atoms with van der Waals surface area (Å²) in [7, 11) is 1.71. The van der Waals surface area contributed by atoms with E-state index in [2.05, 4.69) is 58.9 Å². The van der Waals surface area contributed by atoms with Crippen LogP contribution in [-0.4, -0.2) is 60.7 Å². The van der Waals surface area contributed by atoms with Crippen LogP contribution >= 0.6 is 0 Å². The number of aliphatic hydroxyl groups excluding tert-OH is 3. The SMILES string of the molecule is COc1ccc(C2c3cc(C)c(C)cc3C[C@H](CO)[C@H]2CO[C@@H]2OC[C@@H](O)[C@H](C)[C@H]2O)cc1C(C)(C)C. The Morgan fingerprint density at radius 2 is 1.76 bits per heavy atom. The lowest BCUT2D eigenvalue weighted by Crippen LogP contribution is -2.50. The summed E-state index contributed by atoms with van der Waals surface area (Å²) in [6.07, 6.45) is -1.66. The van der Waals surface area contributed by atoms with E-state index in [4.69, 9.17) is 14.2 Å². The summed E-state index contributed by atoms with van der Waals surface area (Å²) in [5.41, 5.74) is 7.21. The molecule has 0 saturated carbocycles. The van der Waals surface area contributed by atoms with Gasteiger partial charge in [-0.05, 0) is 77.0 Å². The van der Waals surface area contributed by atoms with Crippen LogP contribution in [0.1, 0.15) is 67.0 Å². The number of hydrogen-bond acceptors (Lipinski definition) is 6. The topological polar surface area (TPSA) is 88.4 Å². The smallest absolute Gasteiger partial charge is 0.183 e. The molecule has 1 aliphatic carbocycles. The molecule has 0 amide bonds. The number of benzene rings is 2. The lowest BCUT2D eigenvalue weighted by Gasteiger charge is -2.42. The van der Waals surface area contributed by atoms with E-state index >= 15 is 0 Å². The average molecular weight is 513 g/mol. The van der Waals surface area contributed by atoms with Crippen molar-refractivity contribution in [1.29, 1.82) is 0 Å². The number of aryl methyl sites for hydroxylation is 2. The summed E-state index contributed by atoms with van der Waals surface area (Å²) in [4.78, 5) is 0. The number of fused-ring (bicyclic) bond motifs is 1. The first-order chi connectivity index (χ1) is 17.5. The van der Waals surface area contributed by atoms with E-state index in [1.54, 1.807) is 14.0 Å². The van der Waals surface area contributed by atoms with Crippen LogP contribution in [0.15, 0.2) is 30.3 Å². The highest BCUT2D eigenvalue weighted by atomic mass is 16.7. The predicted octanol–water partition coefficient (Wildman–Crippen LogP) is 4.25. The van der Waals surface area contributed by atoms with Gasteiger partial charge in [0, 0.05) is 18.4 Å². The van der Waals surface area contributed by atoms with Gasteiger partial charge >= 0.3 is 0 Å². The second-order valence-corrected chi connectivity index (χ2v) is 12.1. The Balaban J connectivity index is 1.77. The minimum absolute atomic E-state index is 0.00375. The number of methoxy groups -OCH3 is 1. The minimum atomic E-state index is -0.913. The molecule has 7 atom stereocenters. The van der Waals surface area contributed by atoms with Gasteiger partial charge in [-0.3, -0.25) is 0 Å². The molecule has 3 N–H and O–H groups in total. The first-order valence-electron chi connectivity index (χ1n) is 13.4. The Morgan fingerprint density at radius 1 is 1.05 bits per heavy atom. The van der Waals surface area contributed by atoms with E-state index in [0.717, 1.165) is 23.3 Å². The first kappa shape index (κ1) is 28.1. The molecule has 1 heterocycles. The Bertz CT molecular complexity index is 1090. The van der Waals surface area contributed by atoms with Gasteiger partial charge in [-0.15, -0.1) is 0 Å². The Hall–Kier alpha value is -1.96. The van der Waals surface area contributed by atoms with E-state index in [0.29, 0.717) is 6.61 Å². The molecule has 2 aliphatic rings. The molecule has 1 fully saturated rings. The largest absolute Gasteiger partial charge is 0.496 e. The van der Waals surface area contributed by atoms with Gasteiger partial charge in [-0.1, -0.05) is 52.0 Å². The van der Waals surface area contributed by atoms with Crippen LogP contribution in [0.2, 0.25) is 0 Å². The maximum Gasteiger partial charge on any atom is 0.183 e. The third-order valence-corrected chi connectivity index (χ3v) is 8.54. The average Bonchev–Trinajstić information content (AvgIpc) is 2.86. The maximum absolute atomic E-state index is 10.7. The summed E-state index contributed by atoms with van der Waals surface area (Å²) < 4.78 is 17.6. The summed E-state index contributed by atoms with van der Waals surface area (Å²) in [6, 6.07) is 11.0. The van der Waals surface area contributed by atoms with Gasteiger partial charge in [0.15, 0.2) is 6.29 Å². The third kappa shape index (κ3) is 5.59. The molecule has 4 rings (SSSR count). The van der Waals surface area contributed by atoms with E-state index in [1.807, 2.05) is 6.07 Å². The molecule has 0 aromatic heterocycles. The van der Waals surface area contributed by atoms with Gasteiger partial charge in [0.25, 0.3) is 0 Å². The molecule has 1 unspecified atom stereocenters. The zero-order chi connectivity index (χ0) is 27.1. The van der Waals surface area contributed by atoms with Crippen LogP contribution in [0, 0.1) is 31.6 Å². The van der Waals surface area contributed by atoms with Crippen LogP contribution in [0.5, 0.6) is 5.75 Å². The lowest BCUT2D eigenvalue weighted by molar-refractivity contribution is -0.259. The molecular formula is C31H44O6. The van der Waals surface area contributed by atoms with Gasteiger partial charge in [0.05, 0.1) is 26.4 Å². The molecule has 1 aliphatic heterocycles. The van der Waals surface area contributed by atoms with Crippen molar-refractivity contribution in [2.24, 2.45) is 17.8 Å². The van der Waals surface area contributed by atoms with Crippen LogP contribution in [0.4, 0.5) is 0 Å². The molecule has 0 radical (unpaired) electrons. The van der Waals surface area contributed by atoms with Crippen molar-refractivity contribution in [2.45, 2.75) is 77.8 Å². The third-order valence-electron chi connectivity index (χ3n) is 8.54. The standard InChI is InChI=1S/C31H44O6/c1-17-10-21-12-22(14-32)24(15-36-30-29(34)19(3)26(33)16-37-30)28(23(21)11-18(17)2)20-8-9-27(35-7)25(13-20)31(4,5)6/h8-11,13,19,22,24,26,28-30,32-34H,12,14-16H2,1-7H3/t19-,22+,24+,26+,28?,29+,30+/m0/s1. The number of ether oxygens (including phenoxy) is 3. The highest BCUT2D eigenvalue weighted by Crippen LogP contribution is 2.46. The minimum Gasteiger partial charge on any atom is -0.496 e. The van der Waals surface area contributed by atoms with E-state index < -0.39 is 18.5 Å². The molecule has 0 bridgehead atoms. The Labute approximate surface area is 221 Å². The fourth-order valence-electron chi connectivity index (χ4n) is 5.94. The van der Waals surface area contributed by atoms with Crippen molar-refractivity contribution in [3.8, 4) is 5.75 Å². The molecule has 2 aromatic carbocycles. The zero-order valence-electron chi connectivity index (χ0n) is 23.3. The number of rotatable bonds is 6. The van der Waals surface area contributed by atoms with Crippen LogP contribution in [0.3, 0.4) is 0 Å². The van der Waals surface area contributed by atoms with Crippen molar-refractivity contribution < 1.29 is 29.5 Å². The predicted molar refractivity (Wildman–Crippen MR) is 144 cm³/mol. The highest BCUT2D eigenvalue weighted by molar-refractivity contribution is 5.50. The monoisotopic (exact) mass is 512 g/mol. The Morgan fingerprint density at radius 3 is 2.41 bits per heavy atom. The highest BCUT2D eigenvalue weighted by Gasteiger charge is 2.41. The van der Waals surface area contributed by atoms with Gasteiger partial charge in [-0.25, -0.2) is 0 Å². The van der Waals surface area contributed by atoms with Crippen molar-refractivity contribution in [1.82, 2.24) is 0 Å². The maximum atomic E-state index is 10.7. The molecule has 0 spiro atoms. The fourth-order valence-corrected chi connectivity index (χ4v) is 5.94.